The van der Waals surface area contributed by atoms with E-state index in [1.54, 1.807) is 0 Å². The second-order valence-electron chi connectivity index (χ2n) is 0.101. The van der Waals surface area contributed by atoms with Crippen LogP contribution < -0.4 is 5.73 Å². The predicted octanol–water partition coefficient (Wildman–Crippen LogP) is 0.996. The summed E-state index contributed by atoms with van der Waals surface area (Å²) in [7, 11) is 1.50. The van der Waals surface area contributed by atoms with Crippen LogP contribution in [0, 0.1) is 0 Å². The standard InChI is InChI=1S/CH2Cl2.CH5N/c2-1-3;1-2/h1H2;2H2,1H3. The van der Waals surface area contributed by atoms with E-state index in [4.69, 9.17) is 23.2 Å². The highest BCUT2D eigenvalue weighted by Gasteiger charge is 1.41. The lowest BCUT2D eigenvalue weighted by atomic mass is 11.6. The largest absolute Gasteiger partial charge is 0.333 e. The van der Waals surface area contributed by atoms with Crippen LogP contribution in [0.5, 0.6) is 0 Å². The number of alkyl halides is 2. The maximum absolute atomic E-state index is 4.76. The zero-order valence-electron chi connectivity index (χ0n) is 3.04. The van der Waals surface area contributed by atoms with Crippen LogP contribution in [0.15, 0.2) is 0 Å². The monoisotopic (exact) mass is 115 g/mol. The smallest absolute Gasteiger partial charge is 0.0967 e. The van der Waals surface area contributed by atoms with Gasteiger partial charge in [-0.1, -0.05) is 0 Å². The first-order valence-electron chi connectivity index (χ1n) is 1.11. The Bertz CT molecular complexity index is 7.61. The summed E-state index contributed by atoms with van der Waals surface area (Å²) in [6.07, 6.45) is 0. The normalized spacial score (nSPS) is 4.80. The Kier molecular flexibility index (Phi) is 43.7. The molecule has 5 heavy (non-hydrogen) atoms. The van der Waals surface area contributed by atoms with E-state index in [1.165, 1.54) is 7.05 Å². The van der Waals surface area contributed by atoms with Crippen molar-refractivity contribution in [2.75, 3.05) is 12.4 Å². The quantitative estimate of drug-likeness (QED) is 0.469. The Balaban J connectivity index is 0. The van der Waals surface area contributed by atoms with Gasteiger partial charge in [0, 0.05) is 0 Å². The van der Waals surface area contributed by atoms with Crippen LogP contribution in [0.1, 0.15) is 0 Å². The molecule has 0 aliphatic rings. The minimum Gasteiger partial charge on any atom is -0.333 e. The molecule has 0 unspecified atom stereocenters. The molecule has 0 aromatic carbocycles. The third kappa shape index (κ3) is 100. The molecular formula is C2H7Cl2N. The molecule has 0 heterocycles. The van der Waals surface area contributed by atoms with Crippen molar-refractivity contribution < 1.29 is 0 Å². The molecule has 0 saturated carbocycles. The van der Waals surface area contributed by atoms with Crippen molar-refractivity contribution in [1.82, 2.24) is 0 Å². The first-order chi connectivity index (χ1) is 2.41. The van der Waals surface area contributed by atoms with E-state index in [0.717, 1.165) is 0 Å². The predicted molar refractivity (Wildman–Crippen MR) is 26.7 cm³/mol. The molecule has 0 spiro atoms. The summed E-state index contributed by atoms with van der Waals surface area (Å²) < 4.78 is 0. The highest BCUT2D eigenvalue weighted by atomic mass is 35.5. The lowest BCUT2D eigenvalue weighted by Crippen LogP contribution is -1.69. The minimum atomic E-state index is 0.194. The van der Waals surface area contributed by atoms with Crippen LogP contribution in [0.25, 0.3) is 0 Å². The second kappa shape index (κ2) is 24.0. The van der Waals surface area contributed by atoms with Crippen LogP contribution in [0.2, 0.25) is 0 Å². The van der Waals surface area contributed by atoms with E-state index in [1.807, 2.05) is 0 Å². The molecule has 0 aromatic rings. The van der Waals surface area contributed by atoms with Crippen molar-refractivity contribution in [3.05, 3.63) is 0 Å². The topological polar surface area (TPSA) is 26.0 Å². The highest BCUT2D eigenvalue weighted by molar-refractivity contribution is 6.40. The van der Waals surface area contributed by atoms with Crippen molar-refractivity contribution in [3.63, 3.8) is 0 Å². The lowest BCUT2D eigenvalue weighted by molar-refractivity contribution is 1.48. The van der Waals surface area contributed by atoms with Gasteiger partial charge in [-0.05, 0) is 7.05 Å². The molecule has 1 nitrogen and oxygen atoms in total. The van der Waals surface area contributed by atoms with Crippen molar-refractivity contribution in [2.24, 2.45) is 5.73 Å². The Hall–Kier alpha value is 0.540. The van der Waals surface area contributed by atoms with E-state index >= 15 is 0 Å². The van der Waals surface area contributed by atoms with E-state index in [9.17, 15) is 0 Å². The molecule has 3 heteroatoms. The molecule has 0 saturated heterocycles. The number of hydrogen-bond acceptors (Lipinski definition) is 1. The molecule has 0 aliphatic carbocycles. The third-order valence-electron chi connectivity index (χ3n) is 0. The molecule has 0 fully saturated rings. The van der Waals surface area contributed by atoms with Gasteiger partial charge in [-0.3, -0.25) is 0 Å². The second-order valence-corrected chi connectivity index (χ2v) is 0.909. The molecule has 0 amide bonds. The van der Waals surface area contributed by atoms with Gasteiger partial charge in [0.25, 0.3) is 0 Å². The summed E-state index contributed by atoms with van der Waals surface area (Å²) in [6.45, 7) is 0. The van der Waals surface area contributed by atoms with Gasteiger partial charge in [-0.2, -0.15) is 0 Å². The van der Waals surface area contributed by atoms with Gasteiger partial charge >= 0.3 is 0 Å². The minimum absolute atomic E-state index is 0.194. The van der Waals surface area contributed by atoms with Gasteiger partial charge in [0.15, 0.2) is 0 Å². The fourth-order valence-electron chi connectivity index (χ4n) is 0. The van der Waals surface area contributed by atoms with Crippen molar-refractivity contribution >= 4 is 23.2 Å². The number of hydrogen-bond donors (Lipinski definition) is 1. The summed E-state index contributed by atoms with van der Waals surface area (Å²) in [5.41, 5.74) is 4.50. The van der Waals surface area contributed by atoms with Crippen LogP contribution in [0.4, 0.5) is 0 Å². The molecule has 34 valence electrons. The zero-order valence-corrected chi connectivity index (χ0v) is 4.55. The summed E-state index contributed by atoms with van der Waals surface area (Å²) in [6, 6.07) is 0. The Morgan fingerprint density at radius 3 is 1.40 bits per heavy atom. The molecule has 2 N–H and O–H groups in total. The van der Waals surface area contributed by atoms with E-state index in [-0.39, 0.29) is 5.34 Å². The van der Waals surface area contributed by atoms with Crippen LogP contribution in [-0.2, 0) is 0 Å². The Labute approximate surface area is 42.1 Å². The van der Waals surface area contributed by atoms with E-state index in [0.29, 0.717) is 0 Å². The zero-order chi connectivity index (χ0) is 4.71. The van der Waals surface area contributed by atoms with E-state index < -0.39 is 0 Å². The van der Waals surface area contributed by atoms with Crippen LogP contribution in [0.3, 0.4) is 0 Å². The SMILES string of the molecule is CN.ClCCl. The van der Waals surface area contributed by atoms with Crippen molar-refractivity contribution in [2.45, 2.75) is 0 Å². The van der Waals surface area contributed by atoms with Crippen molar-refractivity contribution in [3.8, 4) is 0 Å². The first-order valence-corrected chi connectivity index (χ1v) is 2.18. The summed E-state index contributed by atoms with van der Waals surface area (Å²) in [4.78, 5) is 0. The molecule has 0 bridgehead atoms. The Morgan fingerprint density at radius 2 is 1.40 bits per heavy atom. The summed E-state index contributed by atoms with van der Waals surface area (Å²) >= 11 is 9.53. The van der Waals surface area contributed by atoms with Gasteiger partial charge in [0.05, 0.1) is 5.34 Å². The van der Waals surface area contributed by atoms with Gasteiger partial charge in [-0.15, -0.1) is 23.2 Å². The highest BCUT2D eigenvalue weighted by Crippen LogP contribution is 1.73. The maximum atomic E-state index is 4.76. The Morgan fingerprint density at radius 1 is 1.40 bits per heavy atom. The average molecular weight is 116 g/mol. The number of halogens is 2. The average Bonchev–Trinajstić information content (AvgIpc) is 1.46. The molecular weight excluding hydrogens is 109 g/mol. The molecule has 0 atom stereocenters. The van der Waals surface area contributed by atoms with Gasteiger partial charge in [-0.25, -0.2) is 0 Å². The summed E-state index contributed by atoms with van der Waals surface area (Å²) in [5, 5.41) is 0.194. The molecule has 0 aliphatic heterocycles. The number of nitrogens with two attached hydrogens (primary N) is 1. The molecule has 0 rings (SSSR count). The number of rotatable bonds is 0. The molecule has 0 aromatic heterocycles. The fraction of sp³-hybridized carbons (Fsp3) is 1.00. The first kappa shape index (κ1) is 9.11. The van der Waals surface area contributed by atoms with Crippen LogP contribution in [-0.4, -0.2) is 12.4 Å². The van der Waals surface area contributed by atoms with Gasteiger partial charge in [0.1, 0.15) is 0 Å². The lowest BCUT2D eigenvalue weighted by Gasteiger charge is -1.42. The fourth-order valence-corrected chi connectivity index (χ4v) is 0. The summed E-state index contributed by atoms with van der Waals surface area (Å²) in [5.74, 6) is 0. The maximum Gasteiger partial charge on any atom is 0.0967 e. The van der Waals surface area contributed by atoms with Crippen LogP contribution >= 0.6 is 23.2 Å². The van der Waals surface area contributed by atoms with Gasteiger partial charge < -0.3 is 5.73 Å². The van der Waals surface area contributed by atoms with Gasteiger partial charge in [0.2, 0.25) is 0 Å². The van der Waals surface area contributed by atoms with E-state index in [2.05, 4.69) is 5.73 Å². The van der Waals surface area contributed by atoms with Crippen molar-refractivity contribution in [1.29, 1.82) is 0 Å². The molecule has 0 radical (unpaired) electrons. The third-order valence-corrected chi connectivity index (χ3v) is 0.